The molecule has 0 radical (unpaired) electrons. The highest BCUT2D eigenvalue weighted by molar-refractivity contribution is 7.97. The van der Waals surface area contributed by atoms with E-state index in [9.17, 15) is 10.1 Å². The summed E-state index contributed by atoms with van der Waals surface area (Å²) in [6.07, 6.45) is 1.41. The normalized spacial score (nSPS) is 17.2. The summed E-state index contributed by atoms with van der Waals surface area (Å²) in [5.74, 6) is 0.465. The van der Waals surface area contributed by atoms with E-state index in [0.29, 0.717) is 5.75 Å². The average Bonchev–Trinajstić information content (AvgIpc) is 2.12. The average molecular weight is 132 g/mol. The van der Waals surface area contributed by atoms with Gasteiger partial charge in [-0.1, -0.05) is 0 Å². The van der Waals surface area contributed by atoms with Crippen LogP contribution in [0.4, 0.5) is 0 Å². The molecule has 0 unspecified atom stereocenters. The van der Waals surface area contributed by atoms with Gasteiger partial charge in [0.15, 0.2) is 0 Å². The zero-order valence-corrected chi connectivity index (χ0v) is 4.77. The van der Waals surface area contributed by atoms with Gasteiger partial charge in [-0.05, 0) is 11.9 Å². The Morgan fingerprint density at radius 2 is 2.75 bits per heavy atom. The molecule has 1 rings (SSSR count). The summed E-state index contributed by atoms with van der Waals surface area (Å²) in [5, 5.41) is 9.89. The first-order valence-electron chi connectivity index (χ1n) is 2.01. The number of nitrogens with zero attached hydrogens (tertiary/aromatic N) is 1. The third kappa shape index (κ3) is 0.919. The third-order valence-electron chi connectivity index (χ3n) is 0.763. The summed E-state index contributed by atoms with van der Waals surface area (Å²) < 4.78 is 2.67. The molecule has 0 atom stereocenters. The second kappa shape index (κ2) is 2.04. The lowest BCUT2D eigenvalue weighted by Crippen LogP contribution is -1.96. The maximum Gasteiger partial charge on any atom is 0.274 e. The zero-order valence-electron chi connectivity index (χ0n) is 3.96. The second-order valence-electron chi connectivity index (χ2n) is 1.30. The largest absolute Gasteiger partial charge is 0.330 e. The summed E-state index contributed by atoms with van der Waals surface area (Å²) in [4.78, 5) is 9.50. The van der Waals surface area contributed by atoms with Gasteiger partial charge in [0.05, 0.1) is 11.1 Å². The number of hydrogen-bond donors (Lipinski definition) is 1. The molecule has 1 heterocycles. The van der Waals surface area contributed by atoms with Gasteiger partial charge in [-0.3, -0.25) is 10.1 Å². The van der Waals surface area contributed by atoms with E-state index in [2.05, 4.69) is 4.72 Å². The second-order valence-corrected chi connectivity index (χ2v) is 2.11. The number of nitro groups is 1. The third-order valence-corrected chi connectivity index (χ3v) is 1.49. The molecule has 4 nitrogen and oxygen atoms in total. The van der Waals surface area contributed by atoms with Crippen molar-refractivity contribution in [1.82, 2.24) is 4.72 Å². The molecule has 0 bridgehead atoms. The number of hydrogen-bond acceptors (Lipinski definition) is 4. The van der Waals surface area contributed by atoms with E-state index in [0.717, 1.165) is 0 Å². The lowest BCUT2D eigenvalue weighted by atomic mass is 10.6. The molecule has 1 aliphatic rings. The SMILES string of the molecule is O=[N+]([O-])C1=CNSC1. The van der Waals surface area contributed by atoms with Crippen LogP contribution in [0.2, 0.25) is 0 Å². The highest BCUT2D eigenvalue weighted by Crippen LogP contribution is 2.10. The summed E-state index contributed by atoms with van der Waals surface area (Å²) in [7, 11) is 0. The van der Waals surface area contributed by atoms with E-state index >= 15 is 0 Å². The predicted molar refractivity (Wildman–Crippen MR) is 30.7 cm³/mol. The minimum Gasteiger partial charge on any atom is -0.330 e. The fraction of sp³-hybridized carbons (Fsp3) is 0.333. The zero-order chi connectivity index (χ0) is 5.98. The fourth-order valence-corrected chi connectivity index (χ4v) is 1.01. The van der Waals surface area contributed by atoms with Gasteiger partial charge in [-0.25, -0.2) is 0 Å². The van der Waals surface area contributed by atoms with Crippen LogP contribution in [0.1, 0.15) is 0 Å². The van der Waals surface area contributed by atoms with E-state index in [-0.39, 0.29) is 10.6 Å². The Bertz CT molecular complexity index is 144. The molecule has 5 heteroatoms. The lowest BCUT2D eigenvalue weighted by Gasteiger charge is -1.82. The van der Waals surface area contributed by atoms with Crippen molar-refractivity contribution in [3.63, 3.8) is 0 Å². The Kier molecular flexibility index (Phi) is 1.38. The molecule has 0 aromatic rings. The molecule has 0 amide bonds. The van der Waals surface area contributed by atoms with E-state index < -0.39 is 0 Å². The van der Waals surface area contributed by atoms with Crippen molar-refractivity contribution in [3.05, 3.63) is 22.0 Å². The molecule has 0 saturated carbocycles. The molecule has 1 N–H and O–H groups in total. The van der Waals surface area contributed by atoms with Gasteiger partial charge in [0.25, 0.3) is 5.70 Å². The van der Waals surface area contributed by atoms with Crippen molar-refractivity contribution in [2.24, 2.45) is 0 Å². The Morgan fingerprint density at radius 1 is 2.00 bits per heavy atom. The van der Waals surface area contributed by atoms with Crippen LogP contribution in [0, 0.1) is 10.1 Å². The summed E-state index contributed by atoms with van der Waals surface area (Å²) in [6, 6.07) is 0. The van der Waals surface area contributed by atoms with Crippen LogP contribution in [0.5, 0.6) is 0 Å². The first-order valence-corrected chi connectivity index (χ1v) is 3.00. The molecule has 0 fully saturated rings. The molecule has 0 spiro atoms. The van der Waals surface area contributed by atoms with Gasteiger partial charge in [0.2, 0.25) is 0 Å². The molecule has 0 aromatic heterocycles. The Morgan fingerprint density at radius 3 is 3.00 bits per heavy atom. The highest BCUT2D eigenvalue weighted by Gasteiger charge is 2.14. The summed E-state index contributed by atoms with van der Waals surface area (Å²) in [6.45, 7) is 0. The van der Waals surface area contributed by atoms with Crippen molar-refractivity contribution >= 4 is 11.9 Å². The molecule has 44 valence electrons. The van der Waals surface area contributed by atoms with Crippen LogP contribution >= 0.6 is 11.9 Å². The molecular weight excluding hydrogens is 128 g/mol. The van der Waals surface area contributed by atoms with E-state index in [4.69, 9.17) is 0 Å². The van der Waals surface area contributed by atoms with Crippen molar-refractivity contribution in [2.75, 3.05) is 5.75 Å². The lowest BCUT2D eigenvalue weighted by molar-refractivity contribution is -0.423. The van der Waals surface area contributed by atoms with Crippen LogP contribution in [-0.4, -0.2) is 10.7 Å². The number of rotatable bonds is 1. The van der Waals surface area contributed by atoms with Gasteiger partial charge in [0, 0.05) is 0 Å². The molecule has 1 aliphatic heterocycles. The first-order chi connectivity index (χ1) is 3.80. The van der Waals surface area contributed by atoms with Crippen molar-refractivity contribution < 1.29 is 4.92 Å². The van der Waals surface area contributed by atoms with Crippen LogP contribution in [0.15, 0.2) is 11.9 Å². The number of nitrogens with one attached hydrogen (secondary N) is 1. The minimum atomic E-state index is -0.382. The quantitative estimate of drug-likeness (QED) is 0.318. The monoisotopic (exact) mass is 132 g/mol. The van der Waals surface area contributed by atoms with E-state index in [1.807, 2.05) is 0 Å². The molecule has 0 saturated heterocycles. The maximum atomic E-state index is 9.89. The molecular formula is C3H4N2O2S. The fourth-order valence-electron chi connectivity index (χ4n) is 0.372. The standard InChI is InChI=1S/C3H4N2O2S/c6-5(7)3-1-4-8-2-3/h1,4H,2H2. The van der Waals surface area contributed by atoms with Crippen LogP contribution in [0.25, 0.3) is 0 Å². The summed E-state index contributed by atoms with van der Waals surface area (Å²) >= 11 is 1.33. The van der Waals surface area contributed by atoms with E-state index in [1.54, 1.807) is 0 Å². The van der Waals surface area contributed by atoms with Crippen molar-refractivity contribution in [3.8, 4) is 0 Å². The van der Waals surface area contributed by atoms with Crippen molar-refractivity contribution in [1.29, 1.82) is 0 Å². The smallest absolute Gasteiger partial charge is 0.274 e. The van der Waals surface area contributed by atoms with Crippen molar-refractivity contribution in [2.45, 2.75) is 0 Å². The topological polar surface area (TPSA) is 55.2 Å². The first kappa shape index (κ1) is 5.43. The Labute approximate surface area is 50.2 Å². The molecule has 8 heavy (non-hydrogen) atoms. The highest BCUT2D eigenvalue weighted by atomic mass is 32.2. The van der Waals surface area contributed by atoms with Gasteiger partial charge in [-0.2, -0.15) is 0 Å². The Balaban J connectivity index is 2.57. The maximum absolute atomic E-state index is 9.89. The summed E-state index contributed by atoms with van der Waals surface area (Å²) in [5.41, 5.74) is 0.245. The Hall–Kier alpha value is -0.710. The van der Waals surface area contributed by atoms with Crippen LogP contribution in [0.3, 0.4) is 0 Å². The van der Waals surface area contributed by atoms with E-state index in [1.165, 1.54) is 18.1 Å². The van der Waals surface area contributed by atoms with Crippen LogP contribution < -0.4 is 4.72 Å². The minimum absolute atomic E-state index is 0.245. The van der Waals surface area contributed by atoms with Gasteiger partial charge in [0.1, 0.15) is 5.75 Å². The van der Waals surface area contributed by atoms with Gasteiger partial charge < -0.3 is 4.72 Å². The van der Waals surface area contributed by atoms with Gasteiger partial charge >= 0.3 is 0 Å². The molecule has 0 aliphatic carbocycles. The molecule has 0 aromatic carbocycles. The van der Waals surface area contributed by atoms with Gasteiger partial charge in [-0.15, -0.1) is 0 Å². The van der Waals surface area contributed by atoms with Crippen LogP contribution in [-0.2, 0) is 0 Å². The predicted octanol–water partition coefficient (Wildman–Crippen LogP) is 0.356.